The number of esters is 2. The molecule has 0 aromatic carbocycles. The van der Waals surface area contributed by atoms with Crippen molar-refractivity contribution in [2.24, 2.45) is 0 Å². The molecule has 0 saturated heterocycles. The van der Waals surface area contributed by atoms with Gasteiger partial charge in [-0.2, -0.15) is 0 Å². The first-order valence-corrected chi connectivity index (χ1v) is 27.2. The Hall–Kier alpha value is -2.75. The van der Waals surface area contributed by atoms with E-state index < -0.39 is 32.5 Å². The van der Waals surface area contributed by atoms with Gasteiger partial charge in [0.05, 0.1) is 27.7 Å². The molecule has 0 fully saturated rings. The van der Waals surface area contributed by atoms with Crippen LogP contribution in [0.15, 0.2) is 0 Å². The normalized spacial score (nSPS) is 12.3. The molecule has 366 valence electrons. The Morgan fingerprint density at radius 2 is 0.828 bits per heavy atom. The first-order valence-electron chi connectivity index (χ1n) is 25.7. The van der Waals surface area contributed by atoms with Crippen molar-refractivity contribution in [3.05, 3.63) is 0 Å². The van der Waals surface area contributed by atoms with Crippen LogP contribution in [0.3, 0.4) is 0 Å². The maximum Gasteiger partial charge on any atom is 0.472 e. The number of hydrogen-bond acceptors (Lipinski definition) is 7. The lowest BCUT2D eigenvalue weighted by molar-refractivity contribution is -0.870. The maximum atomic E-state index is 12.7. The predicted molar refractivity (Wildman–Crippen MR) is 265 cm³/mol. The molecule has 0 aliphatic rings. The van der Waals surface area contributed by atoms with Crippen LogP contribution >= 0.6 is 7.82 Å². The Balaban J connectivity index is 4.35. The highest BCUT2D eigenvalue weighted by Crippen LogP contribution is 2.43. The third-order valence-corrected chi connectivity index (χ3v) is 11.8. The summed E-state index contributed by atoms with van der Waals surface area (Å²) >= 11 is 0. The zero-order chi connectivity index (χ0) is 47.1. The third kappa shape index (κ3) is 48.7. The number of nitrogens with zero attached hydrogens (tertiary/aromatic N) is 1. The molecule has 10 heteroatoms. The van der Waals surface area contributed by atoms with Crippen molar-refractivity contribution < 1.29 is 42.1 Å². The molecule has 0 rings (SSSR count). The summed E-state index contributed by atoms with van der Waals surface area (Å²) in [6, 6.07) is 0. The highest BCUT2D eigenvalue weighted by atomic mass is 31.2. The molecular formula is C54H93NO8P+. The van der Waals surface area contributed by atoms with Gasteiger partial charge in [-0.1, -0.05) is 179 Å². The van der Waals surface area contributed by atoms with Gasteiger partial charge in [-0.15, -0.1) is 0 Å². The summed E-state index contributed by atoms with van der Waals surface area (Å²) < 4.78 is 34.4. The Bertz CT molecular complexity index is 1440. The van der Waals surface area contributed by atoms with Crippen molar-refractivity contribution in [3.8, 4) is 47.4 Å². The summed E-state index contributed by atoms with van der Waals surface area (Å²) in [5.74, 6) is 23.8. The average Bonchev–Trinajstić information content (AvgIpc) is 3.25. The van der Waals surface area contributed by atoms with Gasteiger partial charge < -0.3 is 18.9 Å². The van der Waals surface area contributed by atoms with Gasteiger partial charge in [-0.25, -0.2) is 4.57 Å². The minimum atomic E-state index is -4.40. The lowest BCUT2D eigenvalue weighted by Gasteiger charge is -2.24. The lowest BCUT2D eigenvalue weighted by Crippen LogP contribution is -2.37. The van der Waals surface area contributed by atoms with E-state index in [-0.39, 0.29) is 26.1 Å². The number of likely N-dealkylation sites (N-methyl/N-ethyl adjacent to an activating group) is 1. The number of rotatable bonds is 42. The molecule has 9 nitrogen and oxygen atoms in total. The van der Waals surface area contributed by atoms with Gasteiger partial charge in [0.1, 0.15) is 19.8 Å². The van der Waals surface area contributed by atoms with Crippen molar-refractivity contribution >= 4 is 19.8 Å². The van der Waals surface area contributed by atoms with Crippen LogP contribution in [-0.4, -0.2) is 74.9 Å². The minimum absolute atomic E-state index is 0.0149. The largest absolute Gasteiger partial charge is 0.472 e. The van der Waals surface area contributed by atoms with Crippen molar-refractivity contribution in [1.29, 1.82) is 0 Å². The second kappa shape index (κ2) is 45.4. The second-order valence-electron chi connectivity index (χ2n) is 18.3. The molecule has 0 heterocycles. The molecule has 0 aliphatic heterocycles. The molecule has 1 N–H and O–H groups in total. The standard InChI is InChI=1S/C54H92NO8P/c1-6-8-10-12-14-16-18-20-22-24-26-28-30-32-34-36-38-40-42-44-46-53(56)60-50-52(51-62-64(58,59)61-49-48-55(3,4)5)63-54(57)47-45-43-41-39-37-35-33-31-29-27-25-23-21-19-17-15-13-11-9-7-2/h52H,6-23,32-51H2,1-5H3/p+1/t52-/m0/s1. The van der Waals surface area contributed by atoms with E-state index in [9.17, 15) is 19.0 Å². The highest BCUT2D eigenvalue weighted by molar-refractivity contribution is 7.47. The lowest BCUT2D eigenvalue weighted by atomic mass is 10.1. The SMILES string of the molecule is CCCCCCCCCCC#CC#CCCCCCCCCC(=O)OC[C@@H](COP(=O)(O)OCC[N+](C)(C)C)OC(=O)CCCCCCCCC#CC#CCCCCCCCCCC. The van der Waals surface area contributed by atoms with E-state index in [1.54, 1.807) is 0 Å². The molecule has 1 unspecified atom stereocenters. The number of phosphoric acid groups is 1. The Kier molecular flexibility index (Phi) is 43.5. The zero-order valence-corrected chi connectivity index (χ0v) is 42.5. The molecule has 0 spiro atoms. The summed E-state index contributed by atoms with van der Waals surface area (Å²) in [5, 5.41) is 0. The summed E-state index contributed by atoms with van der Waals surface area (Å²) in [6.07, 6.45) is 35.6. The van der Waals surface area contributed by atoms with Gasteiger partial charge in [-0.05, 0) is 62.2 Å². The molecule has 64 heavy (non-hydrogen) atoms. The van der Waals surface area contributed by atoms with E-state index in [0.717, 1.165) is 89.9 Å². The van der Waals surface area contributed by atoms with E-state index in [0.29, 0.717) is 23.9 Å². The molecule has 0 saturated carbocycles. The molecule has 0 aliphatic carbocycles. The van der Waals surface area contributed by atoms with E-state index in [1.165, 1.54) is 103 Å². The summed E-state index contributed by atoms with van der Waals surface area (Å²) in [7, 11) is 1.42. The molecule has 0 aromatic heterocycles. The fourth-order valence-corrected chi connectivity index (χ4v) is 7.51. The van der Waals surface area contributed by atoms with E-state index >= 15 is 0 Å². The molecule has 0 aromatic rings. The Morgan fingerprint density at radius 3 is 1.20 bits per heavy atom. The fraction of sp³-hybridized carbons (Fsp3) is 0.815. The maximum absolute atomic E-state index is 12.7. The minimum Gasteiger partial charge on any atom is -0.462 e. The van der Waals surface area contributed by atoms with Crippen LogP contribution in [0.4, 0.5) is 0 Å². The van der Waals surface area contributed by atoms with Crippen LogP contribution in [0.2, 0.25) is 0 Å². The first-order chi connectivity index (χ1) is 31.0. The number of ether oxygens (including phenoxy) is 2. The number of unbranched alkanes of at least 4 members (excludes halogenated alkanes) is 28. The topological polar surface area (TPSA) is 108 Å². The smallest absolute Gasteiger partial charge is 0.462 e. The predicted octanol–water partition coefficient (Wildman–Crippen LogP) is 13.6. The molecular weight excluding hydrogens is 822 g/mol. The quantitative estimate of drug-likeness (QED) is 0.0212. The fourth-order valence-electron chi connectivity index (χ4n) is 6.76. The van der Waals surface area contributed by atoms with Crippen molar-refractivity contribution in [1.82, 2.24) is 0 Å². The number of hydrogen-bond donors (Lipinski definition) is 1. The van der Waals surface area contributed by atoms with Crippen molar-refractivity contribution in [2.75, 3.05) is 47.5 Å². The van der Waals surface area contributed by atoms with E-state index in [1.807, 2.05) is 21.1 Å². The van der Waals surface area contributed by atoms with Gasteiger partial charge in [0.2, 0.25) is 0 Å². The van der Waals surface area contributed by atoms with Gasteiger partial charge in [0.15, 0.2) is 6.10 Å². The Labute approximate surface area is 393 Å². The number of phosphoric ester groups is 1. The second-order valence-corrected chi connectivity index (χ2v) is 19.8. The average molecular weight is 915 g/mol. The molecule has 0 radical (unpaired) electrons. The van der Waals surface area contributed by atoms with Gasteiger partial charge in [0.25, 0.3) is 0 Å². The molecule has 2 atom stereocenters. The Morgan fingerprint density at radius 1 is 0.484 bits per heavy atom. The van der Waals surface area contributed by atoms with Crippen LogP contribution in [-0.2, 0) is 32.7 Å². The van der Waals surface area contributed by atoms with Crippen LogP contribution in [0.25, 0.3) is 0 Å². The molecule has 0 bridgehead atoms. The van der Waals surface area contributed by atoms with Gasteiger partial charge in [0, 0.05) is 38.5 Å². The third-order valence-electron chi connectivity index (χ3n) is 10.8. The van der Waals surface area contributed by atoms with Gasteiger partial charge in [-0.3, -0.25) is 18.6 Å². The first kappa shape index (κ1) is 61.2. The van der Waals surface area contributed by atoms with Crippen molar-refractivity contribution in [3.63, 3.8) is 0 Å². The monoisotopic (exact) mass is 915 g/mol. The van der Waals surface area contributed by atoms with Crippen molar-refractivity contribution in [2.45, 2.75) is 238 Å². The van der Waals surface area contributed by atoms with Crippen LogP contribution in [0, 0.1) is 47.4 Å². The highest BCUT2D eigenvalue weighted by Gasteiger charge is 2.27. The van der Waals surface area contributed by atoms with E-state index in [4.69, 9.17) is 18.5 Å². The summed E-state index contributed by atoms with van der Waals surface area (Å²) in [6.45, 7) is 4.32. The van der Waals surface area contributed by atoms with Crippen LogP contribution in [0.5, 0.6) is 0 Å². The number of quaternary nitrogens is 1. The summed E-state index contributed by atoms with van der Waals surface area (Å²) in [4.78, 5) is 35.5. The van der Waals surface area contributed by atoms with Gasteiger partial charge >= 0.3 is 19.8 Å². The summed E-state index contributed by atoms with van der Waals surface area (Å²) in [5.41, 5.74) is 0. The number of carbonyl (C=O) groups excluding carboxylic acids is 2. The van der Waals surface area contributed by atoms with Crippen LogP contribution in [0.1, 0.15) is 232 Å². The molecule has 0 amide bonds. The van der Waals surface area contributed by atoms with Crippen LogP contribution < -0.4 is 0 Å². The zero-order valence-electron chi connectivity index (χ0n) is 41.6. The van der Waals surface area contributed by atoms with E-state index in [2.05, 4.69) is 61.2 Å². The number of carbonyl (C=O) groups is 2.